The fraction of sp³-hybridized carbons (Fsp3) is 0.240. The maximum atomic E-state index is 13.1. The lowest BCUT2D eigenvalue weighted by atomic mass is 9.97. The van der Waals surface area contributed by atoms with Gasteiger partial charge in [-0.15, -0.1) is 11.3 Å². The molecule has 1 amide bonds. The summed E-state index contributed by atoms with van der Waals surface area (Å²) in [5.41, 5.74) is 3.99. The van der Waals surface area contributed by atoms with Crippen LogP contribution in [0.2, 0.25) is 0 Å². The van der Waals surface area contributed by atoms with Gasteiger partial charge in [-0.25, -0.2) is 4.98 Å². The standard InChI is InChI=1S/C25H23N3O2S2/c1-15-12-13-17-8-6-7-11-19(17)28(15)20(29)14-31-25-26-23(30)22-21(16(2)32-24(22)27-25)18-9-4-3-5-10-18/h3-11,15H,12-14H2,1-2H3,(H,26,27,30). The smallest absolute Gasteiger partial charge is 0.260 e. The number of rotatable bonds is 4. The first-order chi connectivity index (χ1) is 15.5. The third-order valence-corrected chi connectivity index (χ3v) is 7.76. The molecule has 1 atom stereocenters. The van der Waals surface area contributed by atoms with Crippen LogP contribution in [0.4, 0.5) is 5.69 Å². The van der Waals surface area contributed by atoms with Gasteiger partial charge in [-0.3, -0.25) is 9.59 Å². The number of hydrogen-bond acceptors (Lipinski definition) is 5. The summed E-state index contributed by atoms with van der Waals surface area (Å²) in [6.45, 7) is 4.10. The molecule has 0 bridgehead atoms. The van der Waals surface area contributed by atoms with Gasteiger partial charge in [0, 0.05) is 22.2 Å². The van der Waals surface area contributed by atoms with E-state index in [9.17, 15) is 9.59 Å². The third-order valence-electron chi connectivity index (χ3n) is 5.90. The van der Waals surface area contributed by atoms with Crippen molar-refractivity contribution in [2.24, 2.45) is 0 Å². The number of fused-ring (bicyclic) bond motifs is 2. The Morgan fingerprint density at radius 1 is 1.19 bits per heavy atom. The molecule has 32 heavy (non-hydrogen) atoms. The molecule has 2 aromatic heterocycles. The van der Waals surface area contributed by atoms with Crippen molar-refractivity contribution in [3.8, 4) is 11.1 Å². The lowest BCUT2D eigenvalue weighted by Crippen LogP contribution is -2.43. The number of anilines is 1. The largest absolute Gasteiger partial charge is 0.309 e. The number of carbonyl (C=O) groups excluding carboxylic acids is 1. The Morgan fingerprint density at radius 3 is 2.75 bits per heavy atom. The maximum absolute atomic E-state index is 13.1. The Labute approximate surface area is 194 Å². The molecule has 1 unspecified atom stereocenters. The van der Waals surface area contributed by atoms with Gasteiger partial charge in [-0.2, -0.15) is 0 Å². The third kappa shape index (κ3) is 3.76. The highest BCUT2D eigenvalue weighted by molar-refractivity contribution is 7.99. The number of para-hydroxylation sites is 1. The van der Waals surface area contributed by atoms with Gasteiger partial charge in [0.1, 0.15) is 4.83 Å². The highest BCUT2D eigenvalue weighted by atomic mass is 32.2. The van der Waals surface area contributed by atoms with E-state index in [-0.39, 0.29) is 23.3 Å². The molecule has 5 rings (SSSR count). The van der Waals surface area contributed by atoms with Crippen LogP contribution in [0.5, 0.6) is 0 Å². The number of benzene rings is 2. The number of thiophene rings is 1. The van der Waals surface area contributed by atoms with Crippen molar-refractivity contribution in [3.63, 3.8) is 0 Å². The predicted molar refractivity (Wildman–Crippen MR) is 133 cm³/mol. The van der Waals surface area contributed by atoms with E-state index < -0.39 is 0 Å². The summed E-state index contributed by atoms with van der Waals surface area (Å²) < 4.78 is 0. The molecule has 3 heterocycles. The van der Waals surface area contributed by atoms with Gasteiger partial charge in [-0.05, 0) is 43.9 Å². The molecule has 0 saturated heterocycles. The summed E-state index contributed by atoms with van der Waals surface area (Å²) in [4.78, 5) is 37.3. The molecule has 1 N–H and O–H groups in total. The van der Waals surface area contributed by atoms with Crippen LogP contribution < -0.4 is 10.5 Å². The van der Waals surface area contributed by atoms with Crippen LogP contribution in [0.25, 0.3) is 21.3 Å². The van der Waals surface area contributed by atoms with Gasteiger partial charge in [0.05, 0.1) is 11.1 Å². The summed E-state index contributed by atoms with van der Waals surface area (Å²) in [6.07, 6.45) is 1.94. The van der Waals surface area contributed by atoms with Crippen molar-refractivity contribution in [3.05, 3.63) is 75.4 Å². The highest BCUT2D eigenvalue weighted by Gasteiger charge is 2.28. The number of aryl methyl sites for hydroxylation is 2. The zero-order valence-electron chi connectivity index (χ0n) is 17.9. The molecule has 1 aliphatic rings. The molecule has 162 valence electrons. The Morgan fingerprint density at radius 2 is 1.94 bits per heavy atom. The van der Waals surface area contributed by atoms with Crippen LogP contribution in [0.15, 0.2) is 64.5 Å². The number of aromatic nitrogens is 2. The number of hydrogen-bond donors (Lipinski definition) is 1. The number of amides is 1. The zero-order chi connectivity index (χ0) is 22.2. The van der Waals surface area contributed by atoms with Gasteiger partial charge < -0.3 is 9.88 Å². The summed E-state index contributed by atoms with van der Waals surface area (Å²) in [7, 11) is 0. The SMILES string of the molecule is Cc1sc2nc(SCC(=O)N3c4ccccc4CCC3C)[nH]c(=O)c2c1-c1ccccc1. The van der Waals surface area contributed by atoms with Crippen molar-refractivity contribution in [1.82, 2.24) is 9.97 Å². The van der Waals surface area contributed by atoms with Crippen LogP contribution >= 0.6 is 23.1 Å². The molecule has 0 aliphatic carbocycles. The van der Waals surface area contributed by atoms with Crippen LogP contribution in [0, 0.1) is 6.92 Å². The fourth-order valence-electron chi connectivity index (χ4n) is 4.39. The van der Waals surface area contributed by atoms with Gasteiger partial charge in [0.25, 0.3) is 5.56 Å². The van der Waals surface area contributed by atoms with Crippen LogP contribution in [0.3, 0.4) is 0 Å². The summed E-state index contributed by atoms with van der Waals surface area (Å²) >= 11 is 2.80. The summed E-state index contributed by atoms with van der Waals surface area (Å²) in [6, 6.07) is 18.2. The van der Waals surface area contributed by atoms with Crippen molar-refractivity contribution in [1.29, 1.82) is 0 Å². The Kier molecular flexibility index (Phi) is 5.61. The van der Waals surface area contributed by atoms with Gasteiger partial charge in [0.2, 0.25) is 5.91 Å². The van der Waals surface area contributed by atoms with E-state index in [2.05, 4.69) is 23.0 Å². The Bertz CT molecular complexity index is 1360. The van der Waals surface area contributed by atoms with Crippen molar-refractivity contribution >= 4 is 44.9 Å². The average Bonchev–Trinajstić information content (AvgIpc) is 3.14. The predicted octanol–water partition coefficient (Wildman–Crippen LogP) is 5.42. The summed E-state index contributed by atoms with van der Waals surface area (Å²) in [5, 5.41) is 1.10. The van der Waals surface area contributed by atoms with Crippen LogP contribution in [-0.2, 0) is 11.2 Å². The second-order valence-corrected chi connectivity index (χ2v) is 10.2. The zero-order valence-corrected chi connectivity index (χ0v) is 19.6. The second kappa shape index (κ2) is 8.56. The molecule has 0 fully saturated rings. The number of thioether (sulfide) groups is 1. The highest BCUT2D eigenvalue weighted by Crippen LogP contribution is 2.36. The van der Waals surface area contributed by atoms with E-state index >= 15 is 0 Å². The first-order valence-corrected chi connectivity index (χ1v) is 12.4. The minimum atomic E-state index is -0.162. The van der Waals surface area contributed by atoms with Crippen LogP contribution in [-0.4, -0.2) is 27.7 Å². The molecular formula is C25H23N3O2S2. The molecule has 7 heteroatoms. The minimum absolute atomic E-state index is 0.0322. The molecule has 0 radical (unpaired) electrons. The molecule has 2 aromatic carbocycles. The lowest BCUT2D eigenvalue weighted by Gasteiger charge is -2.35. The number of nitrogens with one attached hydrogen (secondary N) is 1. The molecule has 4 aromatic rings. The van der Waals surface area contributed by atoms with Gasteiger partial charge in [-0.1, -0.05) is 60.3 Å². The molecule has 1 aliphatic heterocycles. The van der Waals surface area contributed by atoms with Crippen molar-refractivity contribution in [2.75, 3.05) is 10.7 Å². The number of carbonyl (C=O) groups is 1. The van der Waals surface area contributed by atoms with Crippen LogP contribution in [0.1, 0.15) is 23.8 Å². The number of aromatic amines is 1. The lowest BCUT2D eigenvalue weighted by molar-refractivity contribution is -0.116. The van der Waals surface area contributed by atoms with E-state index in [1.165, 1.54) is 28.7 Å². The Balaban J connectivity index is 1.41. The first-order valence-electron chi connectivity index (χ1n) is 10.6. The molecule has 5 nitrogen and oxygen atoms in total. The Hall–Kier alpha value is -2.90. The van der Waals surface area contributed by atoms with Crippen molar-refractivity contribution < 1.29 is 4.79 Å². The second-order valence-electron chi connectivity index (χ2n) is 8.02. The van der Waals surface area contributed by atoms with Crippen molar-refractivity contribution in [2.45, 2.75) is 37.9 Å². The molecule has 0 spiro atoms. The first kappa shape index (κ1) is 21.0. The van der Waals surface area contributed by atoms with Gasteiger partial charge >= 0.3 is 0 Å². The topological polar surface area (TPSA) is 66.1 Å². The molecular weight excluding hydrogens is 438 g/mol. The normalized spacial score (nSPS) is 15.7. The average molecular weight is 462 g/mol. The van der Waals surface area contributed by atoms with E-state index in [1.807, 2.05) is 60.4 Å². The quantitative estimate of drug-likeness (QED) is 0.326. The summed E-state index contributed by atoms with van der Waals surface area (Å²) in [5.74, 6) is 0.257. The van der Waals surface area contributed by atoms with Gasteiger partial charge in [0.15, 0.2) is 5.16 Å². The number of H-pyrrole nitrogens is 1. The number of nitrogens with zero attached hydrogens (tertiary/aromatic N) is 2. The molecule has 0 saturated carbocycles. The van der Waals surface area contributed by atoms with E-state index in [0.717, 1.165) is 34.5 Å². The van der Waals surface area contributed by atoms with E-state index in [1.54, 1.807) is 0 Å². The monoisotopic (exact) mass is 461 g/mol. The fourth-order valence-corrected chi connectivity index (χ4v) is 6.21. The minimum Gasteiger partial charge on any atom is -0.309 e. The maximum Gasteiger partial charge on any atom is 0.260 e. The van der Waals surface area contributed by atoms with E-state index in [4.69, 9.17) is 0 Å². The van der Waals surface area contributed by atoms with E-state index in [0.29, 0.717) is 15.4 Å².